The Morgan fingerprint density at radius 1 is 0.500 bits per heavy atom. The van der Waals surface area contributed by atoms with Gasteiger partial charge in [0.1, 0.15) is 0 Å². The van der Waals surface area contributed by atoms with Crippen molar-refractivity contribution in [3.05, 3.63) is 0 Å². The van der Waals surface area contributed by atoms with Gasteiger partial charge in [0.25, 0.3) is 0 Å². The third kappa shape index (κ3) is 3.07. The molecule has 4 aliphatic rings. The SMILES string of the molecule is COC1CCC2CCCCC2C1C1C(OC)CCC2CCCCC21. The van der Waals surface area contributed by atoms with Gasteiger partial charge in [0.2, 0.25) is 0 Å². The van der Waals surface area contributed by atoms with Crippen LogP contribution in [0.3, 0.4) is 0 Å². The topological polar surface area (TPSA) is 18.5 Å². The molecule has 138 valence electrons. The number of hydrogen-bond donors (Lipinski definition) is 0. The van der Waals surface area contributed by atoms with E-state index in [1.807, 2.05) is 14.2 Å². The summed E-state index contributed by atoms with van der Waals surface area (Å²) in [5, 5.41) is 0. The lowest BCUT2D eigenvalue weighted by molar-refractivity contribution is -0.140. The molecule has 0 saturated heterocycles. The first-order chi connectivity index (χ1) is 11.8. The average Bonchev–Trinajstić information content (AvgIpc) is 2.66. The van der Waals surface area contributed by atoms with Gasteiger partial charge in [-0.05, 0) is 74.0 Å². The van der Waals surface area contributed by atoms with E-state index in [9.17, 15) is 0 Å². The zero-order chi connectivity index (χ0) is 16.5. The molecule has 4 saturated carbocycles. The summed E-state index contributed by atoms with van der Waals surface area (Å²) in [6, 6.07) is 0. The minimum absolute atomic E-state index is 0.493. The lowest BCUT2D eigenvalue weighted by Crippen LogP contribution is -2.53. The lowest BCUT2D eigenvalue weighted by Gasteiger charge is -2.55. The predicted octanol–water partition coefficient (Wildman–Crippen LogP) is 5.45. The van der Waals surface area contributed by atoms with Gasteiger partial charge in [-0.15, -0.1) is 0 Å². The molecule has 0 spiro atoms. The van der Waals surface area contributed by atoms with Crippen molar-refractivity contribution >= 4 is 0 Å². The van der Waals surface area contributed by atoms with E-state index in [0.29, 0.717) is 12.2 Å². The molecular weight excluding hydrogens is 296 g/mol. The first-order valence-corrected chi connectivity index (χ1v) is 10.9. The number of fused-ring (bicyclic) bond motifs is 2. The van der Waals surface area contributed by atoms with Gasteiger partial charge in [-0.25, -0.2) is 0 Å². The summed E-state index contributed by atoms with van der Waals surface area (Å²) in [6.45, 7) is 0. The molecular formula is C22H38O2. The monoisotopic (exact) mass is 334 g/mol. The Kier molecular flexibility index (Phi) is 5.53. The average molecular weight is 335 g/mol. The van der Waals surface area contributed by atoms with E-state index in [1.54, 1.807) is 0 Å². The van der Waals surface area contributed by atoms with Crippen LogP contribution in [0.25, 0.3) is 0 Å². The van der Waals surface area contributed by atoms with Gasteiger partial charge < -0.3 is 9.47 Å². The first-order valence-electron chi connectivity index (χ1n) is 10.9. The fraction of sp³-hybridized carbons (Fsp3) is 1.00. The Hall–Kier alpha value is -0.0800. The molecule has 0 aromatic heterocycles. The largest absolute Gasteiger partial charge is 0.381 e. The second-order valence-electron chi connectivity index (χ2n) is 9.27. The molecule has 2 heteroatoms. The third-order valence-corrected chi connectivity index (χ3v) is 8.48. The molecule has 4 fully saturated rings. The van der Waals surface area contributed by atoms with Crippen LogP contribution in [-0.2, 0) is 9.47 Å². The zero-order valence-electron chi connectivity index (χ0n) is 15.9. The van der Waals surface area contributed by atoms with Gasteiger partial charge in [-0.2, -0.15) is 0 Å². The highest BCUT2D eigenvalue weighted by Crippen LogP contribution is 2.55. The van der Waals surface area contributed by atoms with E-state index in [2.05, 4.69) is 0 Å². The second kappa shape index (κ2) is 7.66. The van der Waals surface area contributed by atoms with Crippen LogP contribution in [0.1, 0.15) is 77.0 Å². The molecule has 0 heterocycles. The Balaban J connectivity index is 1.64. The molecule has 8 atom stereocenters. The predicted molar refractivity (Wildman–Crippen MR) is 97.9 cm³/mol. The van der Waals surface area contributed by atoms with E-state index in [4.69, 9.17) is 9.47 Å². The maximum atomic E-state index is 6.12. The van der Waals surface area contributed by atoms with Crippen molar-refractivity contribution in [3.63, 3.8) is 0 Å². The van der Waals surface area contributed by atoms with Gasteiger partial charge in [0.05, 0.1) is 12.2 Å². The lowest BCUT2D eigenvalue weighted by atomic mass is 9.53. The molecule has 0 aromatic carbocycles. The molecule has 0 radical (unpaired) electrons. The van der Waals surface area contributed by atoms with Crippen LogP contribution in [-0.4, -0.2) is 26.4 Å². The molecule has 0 bridgehead atoms. The molecule has 0 aromatic rings. The number of hydrogen-bond acceptors (Lipinski definition) is 2. The minimum Gasteiger partial charge on any atom is -0.381 e. The summed E-state index contributed by atoms with van der Waals surface area (Å²) < 4.78 is 12.2. The molecule has 0 amide bonds. The molecule has 4 aliphatic carbocycles. The summed E-state index contributed by atoms with van der Waals surface area (Å²) in [5.41, 5.74) is 0. The highest BCUT2D eigenvalue weighted by Gasteiger charge is 2.51. The summed E-state index contributed by atoms with van der Waals surface area (Å²) in [5.74, 6) is 5.34. The number of methoxy groups -OCH3 is 2. The van der Waals surface area contributed by atoms with Gasteiger partial charge in [-0.1, -0.05) is 38.5 Å². The summed E-state index contributed by atoms with van der Waals surface area (Å²) >= 11 is 0. The van der Waals surface area contributed by atoms with Crippen LogP contribution in [0, 0.1) is 35.5 Å². The van der Waals surface area contributed by atoms with Crippen molar-refractivity contribution < 1.29 is 9.47 Å². The molecule has 4 rings (SSSR count). The molecule has 24 heavy (non-hydrogen) atoms. The van der Waals surface area contributed by atoms with Crippen molar-refractivity contribution in [1.29, 1.82) is 0 Å². The van der Waals surface area contributed by atoms with Crippen molar-refractivity contribution in [2.45, 2.75) is 89.3 Å². The van der Waals surface area contributed by atoms with Crippen LogP contribution in [0.2, 0.25) is 0 Å². The normalized spacial score (nSPS) is 49.2. The summed E-state index contributed by atoms with van der Waals surface area (Å²) in [6.07, 6.45) is 18.1. The van der Waals surface area contributed by atoms with E-state index in [0.717, 1.165) is 35.5 Å². The van der Waals surface area contributed by atoms with Gasteiger partial charge >= 0.3 is 0 Å². The van der Waals surface area contributed by atoms with E-state index >= 15 is 0 Å². The van der Waals surface area contributed by atoms with E-state index < -0.39 is 0 Å². The van der Waals surface area contributed by atoms with Crippen molar-refractivity contribution in [3.8, 4) is 0 Å². The van der Waals surface area contributed by atoms with Crippen LogP contribution >= 0.6 is 0 Å². The fourth-order valence-corrected chi connectivity index (χ4v) is 7.51. The van der Waals surface area contributed by atoms with Crippen LogP contribution in [0.4, 0.5) is 0 Å². The fourth-order valence-electron chi connectivity index (χ4n) is 7.51. The summed E-state index contributed by atoms with van der Waals surface area (Å²) in [7, 11) is 3.95. The van der Waals surface area contributed by atoms with Crippen molar-refractivity contribution in [2.24, 2.45) is 35.5 Å². The smallest absolute Gasteiger partial charge is 0.0606 e. The molecule has 2 nitrogen and oxygen atoms in total. The van der Waals surface area contributed by atoms with Crippen LogP contribution in [0.15, 0.2) is 0 Å². The van der Waals surface area contributed by atoms with Crippen molar-refractivity contribution in [2.75, 3.05) is 14.2 Å². The van der Waals surface area contributed by atoms with Gasteiger partial charge in [0, 0.05) is 14.2 Å². The summed E-state index contributed by atoms with van der Waals surface area (Å²) in [4.78, 5) is 0. The van der Waals surface area contributed by atoms with Gasteiger partial charge in [0.15, 0.2) is 0 Å². The maximum Gasteiger partial charge on any atom is 0.0606 e. The van der Waals surface area contributed by atoms with E-state index in [1.165, 1.54) is 77.0 Å². The molecule has 0 N–H and O–H groups in total. The third-order valence-electron chi connectivity index (χ3n) is 8.48. The standard InChI is InChI=1S/C22H38O2/c1-23-19-13-11-15-7-3-5-9-17(15)21(19)22-18-10-6-4-8-16(18)12-14-20(22)24-2/h15-22H,3-14H2,1-2H3. The number of rotatable bonds is 3. The van der Waals surface area contributed by atoms with Gasteiger partial charge in [-0.3, -0.25) is 0 Å². The van der Waals surface area contributed by atoms with Crippen LogP contribution < -0.4 is 0 Å². The van der Waals surface area contributed by atoms with E-state index in [-0.39, 0.29) is 0 Å². The second-order valence-corrected chi connectivity index (χ2v) is 9.27. The molecule has 8 unspecified atom stereocenters. The zero-order valence-corrected chi connectivity index (χ0v) is 15.9. The number of ether oxygens (including phenoxy) is 2. The first kappa shape index (κ1) is 17.3. The Labute approximate surface area is 149 Å². The molecule has 0 aliphatic heterocycles. The highest BCUT2D eigenvalue weighted by molar-refractivity contribution is 5.01. The Morgan fingerprint density at radius 3 is 1.33 bits per heavy atom. The minimum atomic E-state index is 0.493. The highest BCUT2D eigenvalue weighted by atomic mass is 16.5. The Bertz CT molecular complexity index is 371. The van der Waals surface area contributed by atoms with Crippen LogP contribution in [0.5, 0.6) is 0 Å². The Morgan fingerprint density at radius 2 is 0.917 bits per heavy atom. The van der Waals surface area contributed by atoms with Crippen molar-refractivity contribution in [1.82, 2.24) is 0 Å². The quantitative estimate of drug-likeness (QED) is 0.683. The maximum absolute atomic E-state index is 6.12.